The summed E-state index contributed by atoms with van der Waals surface area (Å²) in [6, 6.07) is 5.21. The maximum absolute atomic E-state index is 11.8. The Hall–Kier alpha value is -0.680. The van der Waals surface area contributed by atoms with Crippen LogP contribution < -0.4 is 0 Å². The van der Waals surface area contributed by atoms with Gasteiger partial charge in [-0.1, -0.05) is 35.8 Å². The standard InChI is InChI=1S/C13H17BrO3S/c1-9(2)7-18(16)8-11-5-4-10(6-12(11)14)13(15)17-3/h4-6,9H,7-8H2,1-3H3. The fourth-order valence-corrected chi connectivity index (χ4v) is 3.68. The Bertz CT molecular complexity index is 458. The molecule has 0 saturated heterocycles. The summed E-state index contributed by atoms with van der Waals surface area (Å²) in [7, 11) is 0.472. The molecule has 0 saturated carbocycles. The first kappa shape index (κ1) is 15.4. The summed E-state index contributed by atoms with van der Waals surface area (Å²) in [5, 5.41) is 0. The van der Waals surface area contributed by atoms with Gasteiger partial charge in [-0.05, 0) is 23.6 Å². The highest BCUT2D eigenvalue weighted by molar-refractivity contribution is 9.10. The molecule has 18 heavy (non-hydrogen) atoms. The van der Waals surface area contributed by atoms with Gasteiger partial charge in [-0.25, -0.2) is 4.79 Å². The zero-order valence-electron chi connectivity index (χ0n) is 10.7. The van der Waals surface area contributed by atoms with Crippen molar-refractivity contribution in [3.8, 4) is 0 Å². The number of methoxy groups -OCH3 is 1. The minimum atomic E-state index is -0.877. The summed E-state index contributed by atoms with van der Waals surface area (Å²) in [6.45, 7) is 4.10. The van der Waals surface area contributed by atoms with Gasteiger partial charge < -0.3 is 4.74 Å². The van der Waals surface area contributed by atoms with Gasteiger partial charge in [0, 0.05) is 26.8 Å². The number of halogens is 1. The molecular weight excluding hydrogens is 316 g/mol. The third-order valence-electron chi connectivity index (χ3n) is 2.31. The SMILES string of the molecule is COC(=O)c1ccc(CS(=O)CC(C)C)c(Br)c1. The third-order valence-corrected chi connectivity index (χ3v) is 4.72. The molecule has 0 aliphatic heterocycles. The van der Waals surface area contributed by atoms with Crippen molar-refractivity contribution in [2.75, 3.05) is 12.9 Å². The van der Waals surface area contributed by atoms with Gasteiger partial charge in [0.1, 0.15) is 0 Å². The summed E-state index contributed by atoms with van der Waals surface area (Å²) in [6.07, 6.45) is 0. The first-order valence-corrected chi connectivity index (χ1v) is 7.94. The van der Waals surface area contributed by atoms with Crippen LogP contribution >= 0.6 is 15.9 Å². The lowest BCUT2D eigenvalue weighted by molar-refractivity contribution is 0.0600. The maximum atomic E-state index is 11.8. The van der Waals surface area contributed by atoms with E-state index < -0.39 is 10.8 Å². The molecule has 1 aromatic rings. The number of benzene rings is 1. The highest BCUT2D eigenvalue weighted by Gasteiger charge is 2.11. The fraction of sp³-hybridized carbons (Fsp3) is 0.462. The number of carbonyl (C=O) groups excluding carboxylic acids is 1. The Kier molecular flexibility index (Phi) is 6.02. The monoisotopic (exact) mass is 332 g/mol. The molecular formula is C13H17BrO3S. The summed E-state index contributed by atoms with van der Waals surface area (Å²) >= 11 is 3.40. The van der Waals surface area contributed by atoms with Crippen molar-refractivity contribution < 1.29 is 13.7 Å². The van der Waals surface area contributed by atoms with E-state index in [1.165, 1.54) is 7.11 Å². The normalized spacial score (nSPS) is 12.5. The molecule has 1 rings (SSSR count). The zero-order chi connectivity index (χ0) is 13.7. The molecule has 0 aliphatic rings. The van der Waals surface area contributed by atoms with Crippen LogP contribution in [0.15, 0.2) is 22.7 Å². The molecule has 0 aromatic heterocycles. The summed E-state index contributed by atoms with van der Waals surface area (Å²) in [4.78, 5) is 11.3. The molecule has 0 heterocycles. The molecule has 1 unspecified atom stereocenters. The average molecular weight is 333 g/mol. The van der Waals surface area contributed by atoms with Crippen molar-refractivity contribution in [3.05, 3.63) is 33.8 Å². The minimum absolute atomic E-state index is 0.370. The first-order chi connectivity index (χ1) is 8.43. The molecule has 1 atom stereocenters. The zero-order valence-corrected chi connectivity index (χ0v) is 13.1. The van der Waals surface area contributed by atoms with Gasteiger partial charge in [-0.3, -0.25) is 4.21 Å². The molecule has 0 bridgehead atoms. The molecule has 0 N–H and O–H groups in total. The van der Waals surface area contributed by atoms with E-state index in [1.807, 2.05) is 19.9 Å². The molecule has 0 amide bonds. The second kappa shape index (κ2) is 7.04. The number of rotatable bonds is 5. The van der Waals surface area contributed by atoms with Crippen molar-refractivity contribution >= 4 is 32.7 Å². The highest BCUT2D eigenvalue weighted by atomic mass is 79.9. The van der Waals surface area contributed by atoms with E-state index in [2.05, 4.69) is 20.7 Å². The summed E-state index contributed by atoms with van der Waals surface area (Å²) < 4.78 is 17.3. The van der Waals surface area contributed by atoms with Crippen molar-refractivity contribution in [3.63, 3.8) is 0 Å². The lowest BCUT2D eigenvalue weighted by atomic mass is 10.1. The number of ether oxygens (including phenoxy) is 1. The molecule has 100 valence electrons. The quantitative estimate of drug-likeness (QED) is 0.778. The maximum Gasteiger partial charge on any atom is 0.337 e. The molecule has 0 aliphatic carbocycles. The largest absolute Gasteiger partial charge is 0.465 e. The lowest BCUT2D eigenvalue weighted by Crippen LogP contribution is -2.08. The van der Waals surface area contributed by atoms with Crippen LogP contribution in [-0.4, -0.2) is 23.0 Å². The van der Waals surface area contributed by atoms with Crippen LogP contribution in [0.2, 0.25) is 0 Å². The molecule has 0 fully saturated rings. The van der Waals surface area contributed by atoms with Gasteiger partial charge >= 0.3 is 5.97 Å². The lowest BCUT2D eigenvalue weighted by Gasteiger charge is -2.08. The second-order valence-electron chi connectivity index (χ2n) is 4.44. The van der Waals surface area contributed by atoms with Crippen LogP contribution in [-0.2, 0) is 21.3 Å². The van der Waals surface area contributed by atoms with Crippen molar-refractivity contribution in [2.24, 2.45) is 5.92 Å². The van der Waals surface area contributed by atoms with E-state index in [1.54, 1.807) is 12.1 Å². The van der Waals surface area contributed by atoms with Crippen molar-refractivity contribution in [1.29, 1.82) is 0 Å². The number of hydrogen-bond acceptors (Lipinski definition) is 3. The molecule has 3 nitrogen and oxygen atoms in total. The van der Waals surface area contributed by atoms with Gasteiger partial charge in [0.2, 0.25) is 0 Å². The Balaban J connectivity index is 2.80. The number of carbonyl (C=O) groups is 1. The average Bonchev–Trinajstić information content (AvgIpc) is 2.29. The topological polar surface area (TPSA) is 43.4 Å². The van der Waals surface area contributed by atoms with Crippen LogP contribution in [0.25, 0.3) is 0 Å². The summed E-state index contributed by atoms with van der Waals surface area (Å²) in [5.74, 6) is 1.23. The smallest absolute Gasteiger partial charge is 0.337 e. The van der Waals surface area contributed by atoms with E-state index in [4.69, 9.17) is 0 Å². The first-order valence-electron chi connectivity index (χ1n) is 5.65. The van der Waals surface area contributed by atoms with Crippen LogP contribution in [0, 0.1) is 5.92 Å². The van der Waals surface area contributed by atoms with Crippen LogP contribution in [0.3, 0.4) is 0 Å². The number of esters is 1. The highest BCUT2D eigenvalue weighted by Crippen LogP contribution is 2.21. The van der Waals surface area contributed by atoms with Gasteiger partial charge in [0.05, 0.1) is 12.7 Å². The Morgan fingerprint density at radius 2 is 2.11 bits per heavy atom. The second-order valence-corrected chi connectivity index (χ2v) is 6.80. The molecule has 5 heteroatoms. The van der Waals surface area contributed by atoms with E-state index in [0.29, 0.717) is 23.0 Å². The van der Waals surface area contributed by atoms with Gasteiger partial charge in [-0.2, -0.15) is 0 Å². The van der Waals surface area contributed by atoms with E-state index in [-0.39, 0.29) is 5.97 Å². The van der Waals surface area contributed by atoms with E-state index >= 15 is 0 Å². The van der Waals surface area contributed by atoms with Crippen molar-refractivity contribution in [2.45, 2.75) is 19.6 Å². The van der Waals surface area contributed by atoms with Gasteiger partial charge in [0.25, 0.3) is 0 Å². The number of hydrogen-bond donors (Lipinski definition) is 0. The molecule has 1 aromatic carbocycles. The third kappa shape index (κ3) is 4.53. The predicted octanol–water partition coefficient (Wildman–Crippen LogP) is 3.14. The van der Waals surface area contributed by atoms with E-state index in [9.17, 15) is 9.00 Å². The predicted molar refractivity (Wildman–Crippen MR) is 77.0 cm³/mol. The van der Waals surface area contributed by atoms with Gasteiger partial charge in [-0.15, -0.1) is 0 Å². The summed E-state index contributed by atoms with van der Waals surface area (Å²) in [5.41, 5.74) is 1.43. The van der Waals surface area contributed by atoms with Crippen LogP contribution in [0.5, 0.6) is 0 Å². The van der Waals surface area contributed by atoms with Crippen LogP contribution in [0.1, 0.15) is 29.8 Å². The van der Waals surface area contributed by atoms with Crippen molar-refractivity contribution in [1.82, 2.24) is 0 Å². The van der Waals surface area contributed by atoms with E-state index in [0.717, 1.165) is 10.0 Å². The van der Waals surface area contributed by atoms with Crippen LogP contribution in [0.4, 0.5) is 0 Å². The molecule has 0 radical (unpaired) electrons. The Morgan fingerprint density at radius 1 is 1.44 bits per heavy atom. The minimum Gasteiger partial charge on any atom is -0.465 e. The van der Waals surface area contributed by atoms with Gasteiger partial charge in [0.15, 0.2) is 0 Å². The fourth-order valence-electron chi connectivity index (χ4n) is 1.51. The Morgan fingerprint density at radius 3 is 2.61 bits per heavy atom. The molecule has 0 spiro atoms. The Labute approximate surface area is 119 Å².